The number of aryl methyl sites for hydroxylation is 1. The van der Waals surface area contributed by atoms with Gasteiger partial charge in [0.2, 0.25) is 0 Å². The third kappa shape index (κ3) is 2.87. The molecule has 0 aliphatic carbocycles. The fraction of sp³-hybridized carbons (Fsp3) is 0.118. The van der Waals surface area contributed by atoms with Gasteiger partial charge in [-0.25, -0.2) is 4.98 Å². The first-order valence-corrected chi connectivity index (χ1v) is 7.69. The van der Waals surface area contributed by atoms with Crippen molar-refractivity contribution in [1.82, 2.24) is 4.98 Å². The summed E-state index contributed by atoms with van der Waals surface area (Å²) in [6, 6.07) is 12.3. The molecular formula is C17H13N3O2S. The first-order chi connectivity index (χ1) is 11.1. The molecule has 0 spiro atoms. The maximum absolute atomic E-state index is 12.3. The van der Waals surface area contributed by atoms with Crippen molar-refractivity contribution in [2.75, 3.05) is 12.4 Å². The monoisotopic (exact) mass is 323 g/mol. The Hall–Kier alpha value is -2.91. The summed E-state index contributed by atoms with van der Waals surface area (Å²) < 4.78 is 6.30. The van der Waals surface area contributed by atoms with Crippen LogP contribution in [0.25, 0.3) is 10.2 Å². The van der Waals surface area contributed by atoms with Gasteiger partial charge >= 0.3 is 0 Å². The summed E-state index contributed by atoms with van der Waals surface area (Å²) in [6.07, 6.45) is 0. The topological polar surface area (TPSA) is 75.0 Å². The molecule has 23 heavy (non-hydrogen) atoms. The smallest absolute Gasteiger partial charge is 0.257 e. The average molecular weight is 323 g/mol. The van der Waals surface area contributed by atoms with Crippen LogP contribution < -0.4 is 10.1 Å². The molecule has 0 radical (unpaired) electrons. The standard InChI is InChI=1S/C17H13N3O2S/c1-10-3-8-13(22-2)14-15(10)23-17(19-14)20-16(21)12-6-4-11(9-18)5-7-12/h3-8H,1-2H3,(H,19,20,21). The van der Waals surface area contributed by atoms with Crippen molar-refractivity contribution in [3.8, 4) is 11.8 Å². The van der Waals surface area contributed by atoms with Crippen LogP contribution in [0.4, 0.5) is 5.13 Å². The quantitative estimate of drug-likeness (QED) is 0.797. The predicted octanol–water partition coefficient (Wildman–Crippen LogP) is 3.74. The van der Waals surface area contributed by atoms with Gasteiger partial charge in [-0.2, -0.15) is 5.26 Å². The first kappa shape index (κ1) is 15.0. The van der Waals surface area contributed by atoms with Gasteiger partial charge in [-0.05, 0) is 42.8 Å². The largest absolute Gasteiger partial charge is 0.494 e. The van der Waals surface area contributed by atoms with Gasteiger partial charge in [-0.3, -0.25) is 10.1 Å². The molecular weight excluding hydrogens is 310 g/mol. The molecule has 3 rings (SSSR count). The highest BCUT2D eigenvalue weighted by Gasteiger charge is 2.14. The number of thiazole rings is 1. The van der Waals surface area contributed by atoms with Crippen molar-refractivity contribution in [2.45, 2.75) is 6.92 Å². The predicted molar refractivity (Wildman–Crippen MR) is 90.0 cm³/mol. The highest BCUT2D eigenvalue weighted by atomic mass is 32.1. The molecule has 0 aliphatic rings. The molecule has 0 atom stereocenters. The van der Waals surface area contributed by atoms with E-state index in [0.29, 0.717) is 22.0 Å². The number of aromatic nitrogens is 1. The van der Waals surface area contributed by atoms with Gasteiger partial charge in [0.15, 0.2) is 5.13 Å². The van der Waals surface area contributed by atoms with Gasteiger partial charge in [0.05, 0.1) is 23.4 Å². The van der Waals surface area contributed by atoms with Crippen molar-refractivity contribution >= 4 is 32.6 Å². The molecule has 0 unspecified atom stereocenters. The van der Waals surface area contributed by atoms with E-state index >= 15 is 0 Å². The summed E-state index contributed by atoms with van der Waals surface area (Å²) in [5, 5.41) is 12.1. The minimum absolute atomic E-state index is 0.259. The number of methoxy groups -OCH3 is 1. The molecule has 0 aliphatic heterocycles. The molecule has 3 aromatic rings. The van der Waals surface area contributed by atoms with Gasteiger partial charge in [-0.15, -0.1) is 0 Å². The van der Waals surface area contributed by atoms with E-state index < -0.39 is 0 Å². The van der Waals surface area contributed by atoms with Crippen LogP contribution in [0.2, 0.25) is 0 Å². The molecule has 1 N–H and O–H groups in total. The van der Waals surface area contributed by atoms with E-state index in [-0.39, 0.29) is 5.91 Å². The van der Waals surface area contributed by atoms with E-state index in [1.54, 1.807) is 31.4 Å². The van der Waals surface area contributed by atoms with Crippen LogP contribution in [0.1, 0.15) is 21.5 Å². The molecule has 2 aromatic carbocycles. The zero-order valence-corrected chi connectivity index (χ0v) is 13.4. The highest BCUT2D eigenvalue weighted by Crippen LogP contribution is 2.34. The number of rotatable bonds is 3. The Bertz CT molecular complexity index is 923. The number of anilines is 1. The van der Waals surface area contributed by atoms with E-state index in [2.05, 4.69) is 10.3 Å². The Kier molecular flexibility index (Phi) is 3.96. The molecule has 1 aromatic heterocycles. The first-order valence-electron chi connectivity index (χ1n) is 6.88. The number of hydrogen-bond donors (Lipinski definition) is 1. The summed E-state index contributed by atoms with van der Waals surface area (Å²) in [4.78, 5) is 16.7. The Morgan fingerprint density at radius 1 is 1.26 bits per heavy atom. The number of hydrogen-bond acceptors (Lipinski definition) is 5. The molecule has 1 heterocycles. The number of carbonyl (C=O) groups is 1. The van der Waals surface area contributed by atoms with E-state index in [9.17, 15) is 4.79 Å². The lowest BCUT2D eigenvalue weighted by molar-refractivity contribution is 0.102. The minimum Gasteiger partial charge on any atom is -0.494 e. The Labute approximate surface area is 137 Å². The average Bonchev–Trinajstić information content (AvgIpc) is 3.00. The van der Waals surface area contributed by atoms with E-state index in [4.69, 9.17) is 10.00 Å². The van der Waals surface area contributed by atoms with Crippen LogP contribution in [0, 0.1) is 18.3 Å². The van der Waals surface area contributed by atoms with Gasteiger partial charge in [0.1, 0.15) is 11.3 Å². The molecule has 1 amide bonds. The Balaban J connectivity index is 1.90. The number of nitriles is 1. The van der Waals surface area contributed by atoms with Crippen LogP contribution >= 0.6 is 11.3 Å². The SMILES string of the molecule is COc1ccc(C)c2sc(NC(=O)c3ccc(C#N)cc3)nc12. The summed E-state index contributed by atoms with van der Waals surface area (Å²) in [5.74, 6) is 0.422. The van der Waals surface area contributed by atoms with Gasteiger partial charge < -0.3 is 4.74 Å². The maximum atomic E-state index is 12.3. The number of fused-ring (bicyclic) bond motifs is 1. The fourth-order valence-electron chi connectivity index (χ4n) is 2.19. The van der Waals surface area contributed by atoms with Gasteiger partial charge in [0.25, 0.3) is 5.91 Å². The molecule has 6 heteroatoms. The zero-order chi connectivity index (χ0) is 16.4. The minimum atomic E-state index is -0.259. The summed E-state index contributed by atoms with van der Waals surface area (Å²) in [5.41, 5.74) is 2.82. The van der Waals surface area contributed by atoms with E-state index in [1.807, 2.05) is 25.1 Å². The van der Waals surface area contributed by atoms with Gasteiger partial charge in [-0.1, -0.05) is 17.4 Å². The molecule has 0 fully saturated rings. The molecule has 0 bridgehead atoms. The summed E-state index contributed by atoms with van der Waals surface area (Å²) >= 11 is 1.41. The third-order valence-electron chi connectivity index (χ3n) is 3.42. The lowest BCUT2D eigenvalue weighted by Crippen LogP contribution is -2.11. The molecule has 0 saturated carbocycles. The second-order valence-corrected chi connectivity index (χ2v) is 5.92. The Morgan fingerprint density at radius 2 is 2.00 bits per heavy atom. The lowest BCUT2D eigenvalue weighted by Gasteiger charge is -2.01. The van der Waals surface area contributed by atoms with Crippen molar-refractivity contribution in [3.63, 3.8) is 0 Å². The summed E-state index contributed by atoms with van der Waals surface area (Å²) in [6.45, 7) is 1.99. The number of carbonyl (C=O) groups excluding carboxylic acids is 1. The van der Waals surface area contributed by atoms with Gasteiger partial charge in [0, 0.05) is 5.56 Å². The van der Waals surface area contributed by atoms with Crippen molar-refractivity contribution < 1.29 is 9.53 Å². The van der Waals surface area contributed by atoms with Crippen LogP contribution in [0.5, 0.6) is 5.75 Å². The second kappa shape index (κ2) is 6.07. The third-order valence-corrected chi connectivity index (χ3v) is 4.53. The van der Waals surface area contributed by atoms with Crippen molar-refractivity contribution in [3.05, 3.63) is 53.1 Å². The normalized spacial score (nSPS) is 10.3. The van der Waals surface area contributed by atoms with Crippen molar-refractivity contribution in [2.24, 2.45) is 0 Å². The molecule has 114 valence electrons. The number of ether oxygens (including phenoxy) is 1. The van der Waals surface area contributed by atoms with E-state index in [1.165, 1.54) is 11.3 Å². The van der Waals surface area contributed by atoms with Crippen LogP contribution in [0.3, 0.4) is 0 Å². The number of nitrogens with one attached hydrogen (secondary N) is 1. The lowest BCUT2D eigenvalue weighted by atomic mass is 10.1. The maximum Gasteiger partial charge on any atom is 0.257 e. The van der Waals surface area contributed by atoms with Crippen molar-refractivity contribution in [1.29, 1.82) is 5.26 Å². The van der Waals surface area contributed by atoms with Crippen LogP contribution in [-0.2, 0) is 0 Å². The summed E-state index contributed by atoms with van der Waals surface area (Å²) in [7, 11) is 1.60. The fourth-order valence-corrected chi connectivity index (χ4v) is 3.14. The van der Waals surface area contributed by atoms with Crippen LogP contribution in [0.15, 0.2) is 36.4 Å². The van der Waals surface area contributed by atoms with Crippen LogP contribution in [-0.4, -0.2) is 18.0 Å². The second-order valence-electron chi connectivity index (χ2n) is 4.92. The van der Waals surface area contributed by atoms with E-state index in [0.717, 1.165) is 15.8 Å². The Morgan fingerprint density at radius 3 is 2.65 bits per heavy atom. The molecule has 5 nitrogen and oxygen atoms in total. The number of nitrogens with zero attached hydrogens (tertiary/aromatic N) is 2. The number of benzene rings is 2. The molecule has 0 saturated heterocycles. The highest BCUT2D eigenvalue weighted by molar-refractivity contribution is 7.22. The number of amides is 1. The zero-order valence-electron chi connectivity index (χ0n) is 12.6.